The molecule has 0 aliphatic heterocycles. The van der Waals surface area contributed by atoms with E-state index in [-0.39, 0.29) is 11.6 Å². The van der Waals surface area contributed by atoms with Gasteiger partial charge in [0.25, 0.3) is 5.91 Å². The minimum atomic E-state index is -0.409. The number of nitrogens with zero attached hydrogens (tertiary/aromatic N) is 1. The lowest BCUT2D eigenvalue weighted by Crippen LogP contribution is -2.27. The molecule has 3 aromatic rings. The lowest BCUT2D eigenvalue weighted by atomic mass is 10.1. The summed E-state index contributed by atoms with van der Waals surface area (Å²) in [6.07, 6.45) is 1.56. The normalized spacial score (nSPS) is 12.0. The van der Waals surface area contributed by atoms with Crippen LogP contribution in [0.25, 0.3) is 6.08 Å². The fourth-order valence-corrected chi connectivity index (χ4v) is 3.04. The SMILES string of the molecule is CC(NC(=O)/C(C#N)=C/c1ccc(OCc2ccccc2Cl)cc1)c1ccccc1. The third-order valence-corrected chi connectivity index (χ3v) is 4.92. The molecule has 1 atom stereocenters. The summed E-state index contributed by atoms with van der Waals surface area (Å²) in [5.41, 5.74) is 2.66. The van der Waals surface area contributed by atoms with Gasteiger partial charge in [-0.15, -0.1) is 0 Å². The van der Waals surface area contributed by atoms with E-state index in [9.17, 15) is 10.1 Å². The molecule has 0 saturated carbocycles. The minimum Gasteiger partial charge on any atom is -0.489 e. The van der Waals surface area contributed by atoms with Crippen LogP contribution in [0.1, 0.15) is 29.7 Å². The van der Waals surface area contributed by atoms with Crippen LogP contribution in [0.3, 0.4) is 0 Å². The number of nitrogens with one attached hydrogen (secondary N) is 1. The molecule has 1 unspecified atom stereocenters. The maximum atomic E-state index is 12.5. The van der Waals surface area contributed by atoms with Gasteiger partial charge in [-0.2, -0.15) is 5.26 Å². The highest BCUT2D eigenvalue weighted by molar-refractivity contribution is 6.31. The van der Waals surface area contributed by atoms with E-state index in [1.165, 1.54) is 0 Å². The van der Waals surface area contributed by atoms with Gasteiger partial charge in [0.1, 0.15) is 24.0 Å². The largest absolute Gasteiger partial charge is 0.489 e. The van der Waals surface area contributed by atoms with Crippen molar-refractivity contribution in [2.24, 2.45) is 0 Å². The minimum absolute atomic E-state index is 0.0440. The van der Waals surface area contributed by atoms with E-state index < -0.39 is 5.91 Å². The number of ether oxygens (including phenoxy) is 1. The zero-order valence-corrected chi connectivity index (χ0v) is 17.3. The first-order chi connectivity index (χ1) is 14.6. The van der Waals surface area contributed by atoms with Crippen LogP contribution in [-0.4, -0.2) is 5.91 Å². The number of halogens is 1. The Hall–Kier alpha value is -3.55. The maximum Gasteiger partial charge on any atom is 0.262 e. The van der Waals surface area contributed by atoms with Crippen molar-refractivity contribution in [3.05, 3.63) is 106 Å². The van der Waals surface area contributed by atoms with Crippen molar-refractivity contribution in [1.82, 2.24) is 5.32 Å². The summed E-state index contributed by atoms with van der Waals surface area (Å²) in [5.74, 6) is 0.264. The Bertz CT molecular complexity index is 1070. The van der Waals surface area contributed by atoms with Crippen molar-refractivity contribution >= 4 is 23.6 Å². The molecular weight excluding hydrogens is 396 g/mol. The molecule has 150 valence electrons. The van der Waals surface area contributed by atoms with E-state index in [1.54, 1.807) is 30.3 Å². The highest BCUT2D eigenvalue weighted by Gasteiger charge is 2.13. The average Bonchev–Trinajstić information content (AvgIpc) is 2.78. The zero-order valence-electron chi connectivity index (χ0n) is 16.5. The standard InChI is InChI=1S/C25H21ClN2O2/c1-18(20-7-3-2-4-8-20)28-25(29)22(16-27)15-19-11-13-23(14-12-19)30-17-21-9-5-6-10-24(21)26/h2-15,18H,17H2,1H3,(H,28,29)/b22-15+. The third kappa shape index (κ3) is 5.73. The van der Waals surface area contributed by atoms with E-state index in [2.05, 4.69) is 5.32 Å². The number of benzene rings is 3. The van der Waals surface area contributed by atoms with Crippen LogP contribution in [-0.2, 0) is 11.4 Å². The second-order valence-electron chi connectivity index (χ2n) is 6.72. The first-order valence-electron chi connectivity index (χ1n) is 9.50. The van der Waals surface area contributed by atoms with E-state index in [0.717, 1.165) is 16.7 Å². The number of hydrogen-bond acceptors (Lipinski definition) is 3. The Labute approximate surface area is 181 Å². The van der Waals surface area contributed by atoms with E-state index >= 15 is 0 Å². The van der Waals surface area contributed by atoms with Crippen molar-refractivity contribution in [2.75, 3.05) is 0 Å². The van der Waals surface area contributed by atoms with E-state index in [1.807, 2.05) is 67.6 Å². The fraction of sp³-hybridized carbons (Fsp3) is 0.120. The fourth-order valence-electron chi connectivity index (χ4n) is 2.85. The van der Waals surface area contributed by atoms with Crippen molar-refractivity contribution in [3.63, 3.8) is 0 Å². The molecule has 0 spiro atoms. The zero-order chi connectivity index (χ0) is 21.3. The smallest absolute Gasteiger partial charge is 0.262 e. The van der Waals surface area contributed by atoms with Gasteiger partial charge in [0, 0.05) is 10.6 Å². The van der Waals surface area contributed by atoms with Crippen LogP contribution in [0.5, 0.6) is 5.75 Å². The Balaban J connectivity index is 1.63. The number of amides is 1. The second kappa shape index (κ2) is 10.3. The van der Waals surface area contributed by atoms with Gasteiger partial charge in [0.15, 0.2) is 0 Å². The molecule has 1 N–H and O–H groups in total. The summed E-state index contributed by atoms with van der Waals surface area (Å²) in [7, 11) is 0. The molecule has 4 nitrogen and oxygen atoms in total. The summed E-state index contributed by atoms with van der Waals surface area (Å²) in [6.45, 7) is 2.24. The molecule has 5 heteroatoms. The number of rotatable bonds is 7. The molecule has 0 aromatic heterocycles. The summed E-state index contributed by atoms with van der Waals surface area (Å²) >= 11 is 6.14. The molecule has 3 rings (SSSR count). The van der Waals surface area contributed by atoms with Gasteiger partial charge in [-0.3, -0.25) is 4.79 Å². The predicted molar refractivity (Wildman–Crippen MR) is 119 cm³/mol. The lowest BCUT2D eigenvalue weighted by molar-refractivity contribution is -0.117. The van der Waals surface area contributed by atoms with Gasteiger partial charge >= 0.3 is 0 Å². The van der Waals surface area contributed by atoms with Crippen molar-refractivity contribution < 1.29 is 9.53 Å². The summed E-state index contributed by atoms with van der Waals surface area (Å²) < 4.78 is 5.76. The molecule has 0 heterocycles. The van der Waals surface area contributed by atoms with Crippen LogP contribution in [0.15, 0.2) is 84.4 Å². The van der Waals surface area contributed by atoms with Crippen molar-refractivity contribution in [3.8, 4) is 11.8 Å². The number of carbonyl (C=O) groups excluding carboxylic acids is 1. The topological polar surface area (TPSA) is 62.1 Å². The molecule has 0 fully saturated rings. The summed E-state index contributed by atoms with van der Waals surface area (Å²) in [4.78, 5) is 12.5. The van der Waals surface area contributed by atoms with Gasteiger partial charge in [0.05, 0.1) is 6.04 Å². The van der Waals surface area contributed by atoms with Gasteiger partial charge < -0.3 is 10.1 Å². The molecule has 30 heavy (non-hydrogen) atoms. The predicted octanol–water partition coefficient (Wildman–Crippen LogP) is 5.70. The van der Waals surface area contributed by atoms with Crippen LogP contribution in [0.2, 0.25) is 5.02 Å². The number of nitriles is 1. The number of carbonyl (C=O) groups is 1. The first kappa shape index (κ1) is 21.2. The van der Waals surface area contributed by atoms with Crippen LogP contribution < -0.4 is 10.1 Å². The average molecular weight is 417 g/mol. The summed E-state index contributed by atoms with van der Waals surface area (Å²) in [6, 6.07) is 26.1. The van der Waals surface area contributed by atoms with Gasteiger partial charge in [-0.25, -0.2) is 0 Å². The molecule has 0 aliphatic carbocycles. The van der Waals surface area contributed by atoms with Crippen LogP contribution in [0, 0.1) is 11.3 Å². The quantitative estimate of drug-likeness (QED) is 0.396. The Morgan fingerprint density at radius 2 is 1.73 bits per heavy atom. The van der Waals surface area contributed by atoms with Crippen LogP contribution in [0.4, 0.5) is 0 Å². The first-order valence-corrected chi connectivity index (χ1v) is 9.88. The van der Waals surface area contributed by atoms with Crippen molar-refractivity contribution in [2.45, 2.75) is 19.6 Å². The highest BCUT2D eigenvalue weighted by Crippen LogP contribution is 2.20. The monoisotopic (exact) mass is 416 g/mol. The van der Waals surface area contributed by atoms with Gasteiger partial charge in [-0.1, -0.05) is 72.3 Å². The second-order valence-corrected chi connectivity index (χ2v) is 7.13. The molecule has 3 aromatic carbocycles. The lowest BCUT2D eigenvalue weighted by Gasteiger charge is -2.13. The van der Waals surface area contributed by atoms with E-state index in [0.29, 0.717) is 17.4 Å². The maximum absolute atomic E-state index is 12.5. The van der Waals surface area contributed by atoms with Gasteiger partial charge in [0.2, 0.25) is 0 Å². The molecule has 0 aliphatic rings. The van der Waals surface area contributed by atoms with E-state index in [4.69, 9.17) is 16.3 Å². The molecular formula is C25H21ClN2O2. The molecule has 0 bridgehead atoms. The summed E-state index contributed by atoms with van der Waals surface area (Å²) in [5, 5.41) is 12.9. The Kier molecular flexibility index (Phi) is 7.26. The highest BCUT2D eigenvalue weighted by atomic mass is 35.5. The molecule has 0 saturated heterocycles. The molecule has 1 amide bonds. The van der Waals surface area contributed by atoms with Gasteiger partial charge in [-0.05, 0) is 42.3 Å². The Morgan fingerprint density at radius 3 is 2.40 bits per heavy atom. The third-order valence-electron chi connectivity index (χ3n) is 4.56. The number of hydrogen-bond donors (Lipinski definition) is 1. The van der Waals surface area contributed by atoms with Crippen molar-refractivity contribution in [1.29, 1.82) is 5.26 Å². The van der Waals surface area contributed by atoms with Crippen LogP contribution >= 0.6 is 11.6 Å². The Morgan fingerprint density at radius 1 is 1.07 bits per heavy atom. The molecule has 0 radical (unpaired) electrons.